The smallest absolute Gasteiger partial charge is 0.326 e. The maximum atomic E-state index is 13.1. The van der Waals surface area contributed by atoms with Gasteiger partial charge in [-0.2, -0.15) is 0 Å². The zero-order chi connectivity index (χ0) is 44.9. The van der Waals surface area contributed by atoms with Gasteiger partial charge in [-0.1, -0.05) is 12.7 Å². The van der Waals surface area contributed by atoms with Crippen molar-refractivity contribution >= 4 is 52.8 Å². The third-order valence-electron chi connectivity index (χ3n) is 10.6. The van der Waals surface area contributed by atoms with Crippen LogP contribution < -0.4 is 21.4 Å². The van der Waals surface area contributed by atoms with Gasteiger partial charge in [0.2, 0.25) is 11.8 Å². The predicted octanol–water partition coefficient (Wildman–Crippen LogP) is 2.78. The number of carbonyl (C=O) groups excluding carboxylic acids is 2. The molecule has 5 rings (SSSR count). The molecular weight excluding hydrogens is 794 g/mol. The highest BCUT2D eigenvalue weighted by molar-refractivity contribution is 6.18. The van der Waals surface area contributed by atoms with Gasteiger partial charge in [0.25, 0.3) is 0 Å². The van der Waals surface area contributed by atoms with Crippen LogP contribution >= 0.6 is 0 Å². The van der Waals surface area contributed by atoms with Crippen LogP contribution in [-0.4, -0.2) is 101 Å². The van der Waals surface area contributed by atoms with Crippen molar-refractivity contribution in [3.8, 4) is 0 Å². The van der Waals surface area contributed by atoms with E-state index >= 15 is 0 Å². The number of fused-ring (bicyclic) bond motifs is 5. The molecule has 0 aromatic carbocycles. The Morgan fingerprint density at radius 2 is 1.26 bits per heavy atom. The lowest BCUT2D eigenvalue weighted by Gasteiger charge is -2.20. The highest BCUT2D eigenvalue weighted by atomic mass is 16.5. The van der Waals surface area contributed by atoms with E-state index in [0.29, 0.717) is 79.1 Å². The van der Waals surface area contributed by atoms with Crippen molar-refractivity contribution in [3.63, 3.8) is 0 Å². The van der Waals surface area contributed by atoms with Crippen LogP contribution in [0, 0.1) is 0 Å². The van der Waals surface area contributed by atoms with Crippen molar-refractivity contribution in [2.45, 2.75) is 83.9 Å². The molecule has 320 valence electrons. The first-order chi connectivity index (χ1) is 28.7. The number of nitrogens with zero attached hydrogens (tertiary/aromatic N) is 3. The molecule has 19 nitrogen and oxygen atoms in total. The molecule has 0 radical (unpaired) electrons. The Hall–Kier alpha value is -7.25. The Labute approximate surface area is 348 Å². The molecule has 5 aliphatic heterocycles. The number of carbonyl (C=O) groups is 6. The molecule has 2 amide bonds. The summed E-state index contributed by atoms with van der Waals surface area (Å²) >= 11 is 0. The van der Waals surface area contributed by atoms with E-state index in [1.165, 1.54) is 12.3 Å². The Balaban J connectivity index is 1.66. The fourth-order valence-corrected chi connectivity index (χ4v) is 7.22. The number of aliphatic imine (C=N–C) groups is 3. The second kappa shape index (κ2) is 18.3. The summed E-state index contributed by atoms with van der Waals surface area (Å²) in [5, 5.41) is 66.4. The van der Waals surface area contributed by atoms with Crippen LogP contribution in [0.3, 0.4) is 0 Å². The van der Waals surface area contributed by atoms with Crippen molar-refractivity contribution in [1.29, 1.82) is 0 Å². The van der Waals surface area contributed by atoms with Crippen LogP contribution in [-0.2, 0) is 28.8 Å². The number of hydrogen-bond acceptors (Lipinski definition) is 13. The van der Waals surface area contributed by atoms with Gasteiger partial charge in [-0.15, -0.1) is 0 Å². The van der Waals surface area contributed by atoms with E-state index in [-0.39, 0.29) is 25.7 Å². The summed E-state index contributed by atoms with van der Waals surface area (Å²) in [4.78, 5) is 86.7. The van der Waals surface area contributed by atoms with Crippen molar-refractivity contribution < 1.29 is 59.5 Å². The summed E-state index contributed by atoms with van der Waals surface area (Å²) in [7, 11) is 0. The highest BCUT2D eigenvalue weighted by Crippen LogP contribution is 2.40. The summed E-state index contributed by atoms with van der Waals surface area (Å²) in [6.07, 6.45) is 8.90. The maximum absolute atomic E-state index is 13.1. The number of hydroxylamine groups is 1. The molecule has 5 heterocycles. The molecule has 0 spiro atoms. The van der Waals surface area contributed by atoms with Crippen molar-refractivity contribution in [1.82, 2.24) is 21.4 Å². The van der Waals surface area contributed by atoms with Crippen molar-refractivity contribution in [3.05, 3.63) is 117 Å². The molecule has 0 saturated carbocycles. The first-order valence-corrected chi connectivity index (χ1v) is 18.9. The average molecular weight is 840 g/mol. The van der Waals surface area contributed by atoms with Crippen LogP contribution in [0.2, 0.25) is 0 Å². The summed E-state index contributed by atoms with van der Waals surface area (Å²) in [5.41, 5.74) is 7.64. The van der Waals surface area contributed by atoms with Gasteiger partial charge in [0.05, 0.1) is 52.8 Å². The number of nitrogens with one attached hydrogen (secondary N) is 4. The number of carboxylic acid groups (broad SMARTS) is 4. The Bertz CT molecular complexity index is 2410. The largest absolute Gasteiger partial charge is 0.481 e. The fraction of sp³-hybridized carbons (Fsp3) is 0.310. The average Bonchev–Trinajstić information content (AvgIpc) is 3.81. The van der Waals surface area contributed by atoms with Gasteiger partial charge >= 0.3 is 23.9 Å². The monoisotopic (exact) mass is 839 g/mol. The summed E-state index contributed by atoms with van der Waals surface area (Å²) in [6.45, 7) is 10.9. The molecule has 0 saturated heterocycles. The van der Waals surface area contributed by atoms with E-state index in [2.05, 4.69) is 22.5 Å². The minimum atomic E-state index is -1.67. The Morgan fingerprint density at radius 1 is 0.738 bits per heavy atom. The number of carboxylic acids is 4. The Kier molecular flexibility index (Phi) is 13.5. The van der Waals surface area contributed by atoms with Gasteiger partial charge in [-0.05, 0) is 98.8 Å². The number of allylic oxidation sites excluding steroid dienone is 11. The first kappa shape index (κ1) is 44.8. The number of rotatable bonds is 17. The third kappa shape index (κ3) is 9.97. The van der Waals surface area contributed by atoms with Crippen LogP contribution in [0.4, 0.5) is 0 Å². The molecule has 61 heavy (non-hydrogen) atoms. The van der Waals surface area contributed by atoms with E-state index < -0.39 is 66.2 Å². The first-order valence-electron chi connectivity index (χ1n) is 18.9. The minimum absolute atomic E-state index is 0.000296. The van der Waals surface area contributed by atoms with E-state index in [1.807, 2.05) is 12.4 Å². The molecule has 0 aliphatic carbocycles. The van der Waals surface area contributed by atoms with Crippen LogP contribution in [0.5, 0.6) is 0 Å². The van der Waals surface area contributed by atoms with Crippen LogP contribution in [0.15, 0.2) is 132 Å². The van der Waals surface area contributed by atoms with Crippen LogP contribution in [0.1, 0.15) is 66.2 Å². The lowest BCUT2D eigenvalue weighted by molar-refractivity contribution is -0.147. The number of hydrogen-bond donors (Lipinski definition) is 10. The predicted molar refractivity (Wildman–Crippen MR) is 220 cm³/mol. The number of amides is 2. The van der Waals surface area contributed by atoms with Gasteiger partial charge in [-0.3, -0.25) is 29.9 Å². The fourth-order valence-electron chi connectivity index (χ4n) is 7.22. The molecule has 0 aromatic rings. The van der Waals surface area contributed by atoms with Gasteiger partial charge < -0.3 is 41.5 Å². The molecule has 0 fully saturated rings. The third-order valence-corrected chi connectivity index (χ3v) is 10.6. The summed E-state index contributed by atoms with van der Waals surface area (Å²) in [6, 6.07) is -3.33. The summed E-state index contributed by atoms with van der Waals surface area (Å²) in [5.74, 6) is -7.30. The normalized spacial score (nSPS) is 20.5. The van der Waals surface area contributed by atoms with Crippen molar-refractivity contribution in [2.75, 3.05) is 0 Å². The highest BCUT2D eigenvalue weighted by Gasteiger charge is 2.39. The van der Waals surface area contributed by atoms with Gasteiger partial charge in [-0.25, -0.2) is 24.6 Å². The summed E-state index contributed by atoms with van der Waals surface area (Å²) < 4.78 is 0. The SMILES string of the molecule is C=CC1=C(C)C2=CC3=NC(=CC4=NC(=CC5=C(/C=C/NO)C(C)(O)C(=CC1=N2)N5)C(C)=C4CCC(=O)N[C@@H](CC(=O)O)C(=O)O)C(CCC(=O)N[C@@H](CC(=O)O)C(=O)O)=C3C. The lowest BCUT2D eigenvalue weighted by atomic mass is 9.92. The zero-order valence-corrected chi connectivity index (χ0v) is 33.6. The maximum Gasteiger partial charge on any atom is 0.326 e. The molecule has 8 bridgehead atoms. The Morgan fingerprint density at radius 3 is 1.80 bits per heavy atom. The standard InChI is InChI=1S/C42H45N7O12/c1-6-22-19(2)26-13-27-20(3)23(7-9-36(50)48-33(40(56)57)17-38(52)53)29(44-27)15-30-24(8-10-37(51)49-34(41(58)59)18-39(54)55)21(4)28(45-30)14-32-25(11-12-43-61)42(5,60)35(47-32)16-31(22)46-26/h6,11-16,33-34,43,47,60-61H,1,7-10,17-18H2,2-5H3,(H,48,50)(H,49,51)(H,52,53)(H,54,55)(H,56,57)(H,58,59)/b12-11+,26-13?,28-14?,29-15?,35-16?/t33-,34-,42?/m0/s1. The van der Waals surface area contributed by atoms with Crippen LogP contribution in [0.25, 0.3) is 0 Å². The molecule has 1 unspecified atom stereocenters. The van der Waals surface area contributed by atoms with E-state index in [4.69, 9.17) is 25.2 Å². The second-order valence-electron chi connectivity index (χ2n) is 14.7. The van der Waals surface area contributed by atoms with E-state index in [0.717, 1.165) is 5.57 Å². The zero-order valence-electron chi connectivity index (χ0n) is 33.6. The molecule has 19 heteroatoms. The van der Waals surface area contributed by atoms with Gasteiger partial charge in [0.15, 0.2) is 0 Å². The molecule has 5 aliphatic rings. The molecule has 0 aromatic heterocycles. The number of aliphatic carboxylic acids is 4. The second-order valence-corrected chi connectivity index (χ2v) is 14.7. The minimum Gasteiger partial charge on any atom is -0.481 e. The van der Waals surface area contributed by atoms with Gasteiger partial charge in [0, 0.05) is 35.9 Å². The number of aliphatic hydroxyl groups is 1. The quantitative estimate of drug-likeness (QED) is 0.0943. The molecular formula is C42H45N7O12. The van der Waals surface area contributed by atoms with E-state index in [9.17, 15) is 49.3 Å². The molecule has 10 N–H and O–H groups in total. The van der Waals surface area contributed by atoms with Gasteiger partial charge in [0.1, 0.15) is 17.7 Å². The van der Waals surface area contributed by atoms with Crippen molar-refractivity contribution in [2.24, 2.45) is 15.0 Å². The van der Waals surface area contributed by atoms with E-state index in [1.54, 1.807) is 51.2 Å². The molecule has 3 atom stereocenters. The lowest BCUT2D eigenvalue weighted by Crippen LogP contribution is -2.42. The topological polar surface area (TPSA) is 309 Å².